The summed E-state index contributed by atoms with van der Waals surface area (Å²) in [6, 6.07) is 1.98. The lowest BCUT2D eigenvalue weighted by molar-refractivity contribution is -0.131. The lowest BCUT2D eigenvalue weighted by Gasteiger charge is -1.91. The van der Waals surface area contributed by atoms with Gasteiger partial charge in [0, 0.05) is 16.7 Å². The first-order valence-electron chi connectivity index (χ1n) is 4.62. The van der Waals surface area contributed by atoms with Gasteiger partial charge in [0.15, 0.2) is 4.34 Å². The Morgan fingerprint density at radius 2 is 2.47 bits per heavy atom. The Kier molecular flexibility index (Phi) is 4.29. The molecule has 2 aromatic heterocycles. The summed E-state index contributed by atoms with van der Waals surface area (Å²) in [5.74, 6) is -0.0955. The molecule has 2 heterocycles. The van der Waals surface area contributed by atoms with E-state index in [2.05, 4.69) is 9.36 Å². The lowest BCUT2D eigenvalue weighted by Crippen LogP contribution is -1.84. The van der Waals surface area contributed by atoms with Gasteiger partial charge in [-0.25, -0.2) is 9.78 Å². The number of aromatic nitrogens is 2. The molecule has 0 aliphatic heterocycles. The second-order valence-corrected chi connectivity index (χ2v) is 6.01. The van der Waals surface area contributed by atoms with Crippen LogP contribution in [0.5, 0.6) is 0 Å². The van der Waals surface area contributed by atoms with Crippen LogP contribution in [0.2, 0.25) is 0 Å². The molecule has 0 amide bonds. The third-order valence-electron chi connectivity index (χ3n) is 1.77. The van der Waals surface area contributed by atoms with E-state index in [9.17, 15) is 4.79 Å². The fraction of sp³-hybridized carbons (Fsp3) is 0.100. The van der Waals surface area contributed by atoms with E-state index in [1.54, 1.807) is 35.5 Å². The van der Waals surface area contributed by atoms with E-state index < -0.39 is 5.97 Å². The second-order valence-electron chi connectivity index (χ2n) is 3.01. The van der Waals surface area contributed by atoms with Crippen LogP contribution < -0.4 is 0 Å². The second kappa shape index (κ2) is 5.95. The Labute approximate surface area is 110 Å². The summed E-state index contributed by atoms with van der Waals surface area (Å²) in [7, 11) is 0. The van der Waals surface area contributed by atoms with Crippen LogP contribution in [0.15, 0.2) is 28.2 Å². The Morgan fingerprint density at radius 3 is 3.18 bits per heavy atom. The Hall–Kier alpha value is -1.18. The highest BCUT2D eigenvalue weighted by Gasteiger charge is 2.02. The first-order chi connectivity index (χ1) is 8.24. The summed E-state index contributed by atoms with van der Waals surface area (Å²) in [6.07, 6.45) is 4.28. The highest BCUT2D eigenvalue weighted by atomic mass is 32.2. The van der Waals surface area contributed by atoms with Crippen molar-refractivity contribution in [2.75, 3.05) is 0 Å². The van der Waals surface area contributed by atoms with Crippen molar-refractivity contribution in [3.63, 3.8) is 0 Å². The number of nitrogens with zero attached hydrogens (tertiary/aromatic N) is 2. The number of thioether (sulfide) groups is 1. The maximum absolute atomic E-state index is 10.4. The van der Waals surface area contributed by atoms with Gasteiger partial charge in [0.1, 0.15) is 6.33 Å². The van der Waals surface area contributed by atoms with E-state index in [0.29, 0.717) is 0 Å². The third kappa shape index (κ3) is 3.95. The number of carboxylic acids is 1. The number of rotatable bonds is 5. The van der Waals surface area contributed by atoms with Crippen molar-refractivity contribution in [3.05, 3.63) is 34.3 Å². The van der Waals surface area contributed by atoms with Crippen LogP contribution in [0.25, 0.3) is 6.08 Å². The topological polar surface area (TPSA) is 63.1 Å². The number of thiophene rings is 1. The van der Waals surface area contributed by atoms with E-state index in [1.165, 1.54) is 16.4 Å². The van der Waals surface area contributed by atoms with Crippen molar-refractivity contribution < 1.29 is 9.90 Å². The normalized spacial score (nSPS) is 11.1. The average Bonchev–Trinajstić information content (AvgIpc) is 2.95. The zero-order valence-corrected chi connectivity index (χ0v) is 11.0. The molecule has 0 aromatic carbocycles. The molecule has 0 atom stereocenters. The Balaban J connectivity index is 1.92. The highest BCUT2D eigenvalue weighted by Crippen LogP contribution is 2.26. The van der Waals surface area contributed by atoms with E-state index in [-0.39, 0.29) is 0 Å². The molecular weight excluding hydrogens is 276 g/mol. The van der Waals surface area contributed by atoms with Crippen molar-refractivity contribution in [2.24, 2.45) is 0 Å². The quantitative estimate of drug-likeness (QED) is 0.675. The summed E-state index contributed by atoms with van der Waals surface area (Å²) in [5, 5.41) is 10.4. The zero-order chi connectivity index (χ0) is 12.1. The van der Waals surface area contributed by atoms with Crippen LogP contribution in [0.1, 0.15) is 10.4 Å². The maximum Gasteiger partial charge on any atom is 0.328 e. The van der Waals surface area contributed by atoms with Gasteiger partial charge in [-0.2, -0.15) is 4.37 Å². The molecule has 17 heavy (non-hydrogen) atoms. The summed E-state index contributed by atoms with van der Waals surface area (Å²) in [4.78, 5) is 15.6. The molecule has 2 aromatic rings. The van der Waals surface area contributed by atoms with Gasteiger partial charge in [0.05, 0.1) is 0 Å². The molecule has 0 radical (unpaired) electrons. The molecule has 0 saturated carbocycles. The van der Waals surface area contributed by atoms with E-state index >= 15 is 0 Å². The Bertz CT molecular complexity index is 519. The first-order valence-corrected chi connectivity index (χ1v) is 7.26. The first kappa shape index (κ1) is 12.3. The van der Waals surface area contributed by atoms with E-state index in [0.717, 1.165) is 21.7 Å². The van der Waals surface area contributed by atoms with Crippen molar-refractivity contribution >= 4 is 46.7 Å². The lowest BCUT2D eigenvalue weighted by atomic mass is 10.3. The monoisotopic (exact) mass is 284 g/mol. The largest absolute Gasteiger partial charge is 0.478 e. The van der Waals surface area contributed by atoms with Crippen LogP contribution in [0, 0.1) is 0 Å². The smallest absolute Gasteiger partial charge is 0.328 e. The SMILES string of the molecule is O=C(O)C=Cc1csc(CSc2ncns2)c1. The van der Waals surface area contributed by atoms with Crippen molar-refractivity contribution in [1.82, 2.24) is 9.36 Å². The molecule has 0 aliphatic carbocycles. The molecule has 0 bridgehead atoms. The predicted molar refractivity (Wildman–Crippen MR) is 70.5 cm³/mol. The van der Waals surface area contributed by atoms with Gasteiger partial charge in [-0.1, -0.05) is 11.8 Å². The van der Waals surface area contributed by atoms with Crippen LogP contribution in [0.4, 0.5) is 0 Å². The molecule has 2 rings (SSSR count). The van der Waals surface area contributed by atoms with Crippen LogP contribution in [-0.4, -0.2) is 20.4 Å². The van der Waals surface area contributed by atoms with Crippen molar-refractivity contribution in [2.45, 2.75) is 10.1 Å². The molecule has 88 valence electrons. The molecule has 0 fully saturated rings. The molecule has 0 unspecified atom stereocenters. The summed E-state index contributed by atoms with van der Waals surface area (Å²) in [5.41, 5.74) is 0.922. The van der Waals surface area contributed by atoms with Gasteiger partial charge in [-0.15, -0.1) is 11.3 Å². The average molecular weight is 284 g/mol. The summed E-state index contributed by atoms with van der Waals surface area (Å²) in [6.45, 7) is 0. The number of hydrogen-bond donors (Lipinski definition) is 1. The maximum atomic E-state index is 10.4. The van der Waals surface area contributed by atoms with Gasteiger partial charge in [0.2, 0.25) is 0 Å². The highest BCUT2D eigenvalue weighted by molar-refractivity contribution is 8.00. The van der Waals surface area contributed by atoms with Gasteiger partial charge in [0.25, 0.3) is 0 Å². The van der Waals surface area contributed by atoms with Crippen LogP contribution in [0.3, 0.4) is 0 Å². The van der Waals surface area contributed by atoms with E-state index in [1.807, 2.05) is 11.4 Å². The van der Waals surface area contributed by atoms with E-state index in [4.69, 9.17) is 5.11 Å². The minimum atomic E-state index is -0.930. The molecule has 4 nitrogen and oxygen atoms in total. The Morgan fingerprint density at radius 1 is 1.59 bits per heavy atom. The molecule has 0 spiro atoms. The number of carbonyl (C=O) groups is 1. The van der Waals surface area contributed by atoms with Crippen molar-refractivity contribution in [3.8, 4) is 0 Å². The molecular formula is C10H8N2O2S3. The third-order valence-corrected chi connectivity index (χ3v) is 4.76. The van der Waals surface area contributed by atoms with Gasteiger partial charge >= 0.3 is 5.97 Å². The standard InChI is InChI=1S/C10H8N2O2S3/c13-9(14)2-1-7-3-8(15-4-7)5-16-10-11-6-12-17-10/h1-4,6H,5H2,(H,13,14). The minimum absolute atomic E-state index is 0.834. The minimum Gasteiger partial charge on any atom is -0.478 e. The number of carboxylic acid groups (broad SMARTS) is 1. The molecule has 7 heteroatoms. The van der Waals surface area contributed by atoms with Gasteiger partial charge in [-0.05, 0) is 34.6 Å². The molecule has 0 aliphatic rings. The van der Waals surface area contributed by atoms with Crippen LogP contribution >= 0.6 is 34.6 Å². The summed E-state index contributed by atoms with van der Waals surface area (Å²) < 4.78 is 4.87. The van der Waals surface area contributed by atoms with Crippen LogP contribution in [-0.2, 0) is 10.5 Å². The fourth-order valence-corrected chi connectivity index (χ4v) is 3.44. The molecule has 0 saturated heterocycles. The van der Waals surface area contributed by atoms with Gasteiger partial charge < -0.3 is 5.11 Å². The zero-order valence-electron chi connectivity index (χ0n) is 8.57. The summed E-state index contributed by atoms with van der Waals surface area (Å²) >= 11 is 4.63. The van der Waals surface area contributed by atoms with Crippen molar-refractivity contribution in [1.29, 1.82) is 0 Å². The fourth-order valence-electron chi connectivity index (χ4n) is 1.09. The number of aliphatic carboxylic acids is 1. The predicted octanol–water partition coefficient (Wildman–Crippen LogP) is 2.99. The molecule has 1 N–H and O–H groups in total. The van der Waals surface area contributed by atoms with Gasteiger partial charge in [-0.3, -0.25) is 0 Å². The number of hydrogen-bond acceptors (Lipinski definition) is 6.